The summed E-state index contributed by atoms with van der Waals surface area (Å²) >= 11 is 0. The minimum absolute atomic E-state index is 0.215. The topological polar surface area (TPSA) is 78.1 Å². The second-order valence-electron chi connectivity index (χ2n) is 10.3. The number of carbonyl (C=O) groups is 1. The Labute approximate surface area is 205 Å². The van der Waals surface area contributed by atoms with Gasteiger partial charge in [-0.15, -0.1) is 0 Å². The van der Waals surface area contributed by atoms with E-state index in [1.807, 2.05) is 31.9 Å². The molecule has 4 heterocycles. The van der Waals surface area contributed by atoms with Gasteiger partial charge in [-0.05, 0) is 81.8 Å². The normalized spacial score (nSPS) is 15.0. The summed E-state index contributed by atoms with van der Waals surface area (Å²) in [6, 6.07) is 10.7. The van der Waals surface area contributed by atoms with E-state index in [9.17, 15) is 4.79 Å². The quantitative estimate of drug-likeness (QED) is 0.414. The van der Waals surface area contributed by atoms with Gasteiger partial charge >= 0.3 is 6.09 Å². The Morgan fingerprint density at radius 2 is 1.94 bits per heavy atom. The van der Waals surface area contributed by atoms with Gasteiger partial charge in [0.1, 0.15) is 18.3 Å². The van der Waals surface area contributed by atoms with Crippen molar-refractivity contribution in [3.05, 3.63) is 72.2 Å². The number of piperidine rings is 1. The zero-order valence-corrected chi connectivity index (χ0v) is 20.8. The van der Waals surface area contributed by atoms with Gasteiger partial charge in [-0.25, -0.2) is 14.5 Å². The highest BCUT2D eigenvalue weighted by Gasteiger charge is 2.27. The van der Waals surface area contributed by atoms with E-state index in [0.717, 1.165) is 41.7 Å². The van der Waals surface area contributed by atoms with Crippen molar-refractivity contribution in [2.75, 3.05) is 13.1 Å². The molecule has 182 valence electrons. The van der Waals surface area contributed by atoms with Crippen LogP contribution in [0.1, 0.15) is 56.4 Å². The Morgan fingerprint density at radius 3 is 2.63 bits per heavy atom. The van der Waals surface area contributed by atoms with E-state index in [4.69, 9.17) is 9.72 Å². The minimum Gasteiger partial charge on any atom is -0.444 e. The van der Waals surface area contributed by atoms with E-state index in [1.165, 1.54) is 17.5 Å². The Hall–Kier alpha value is -3.68. The second-order valence-corrected chi connectivity index (χ2v) is 10.3. The van der Waals surface area contributed by atoms with Crippen LogP contribution in [0, 0.1) is 6.92 Å². The number of aryl methyl sites for hydroxylation is 1. The highest BCUT2D eigenvalue weighted by atomic mass is 16.6. The average molecular weight is 473 g/mol. The third-order valence-electron chi connectivity index (χ3n) is 6.58. The molecule has 3 aromatic heterocycles. The van der Waals surface area contributed by atoms with Gasteiger partial charge in [0, 0.05) is 36.4 Å². The van der Waals surface area contributed by atoms with Crippen molar-refractivity contribution in [3.8, 4) is 5.69 Å². The summed E-state index contributed by atoms with van der Waals surface area (Å²) in [6.07, 6.45) is 9.01. The number of rotatable bonds is 4. The molecule has 5 rings (SSSR count). The predicted molar refractivity (Wildman–Crippen MR) is 135 cm³/mol. The zero-order valence-electron chi connectivity index (χ0n) is 20.8. The van der Waals surface area contributed by atoms with Gasteiger partial charge in [0.2, 0.25) is 0 Å². The van der Waals surface area contributed by atoms with Crippen molar-refractivity contribution in [2.24, 2.45) is 0 Å². The summed E-state index contributed by atoms with van der Waals surface area (Å²) in [5, 5.41) is 5.37. The van der Waals surface area contributed by atoms with Crippen molar-refractivity contribution in [2.45, 2.75) is 58.6 Å². The molecule has 8 heteroatoms. The number of aromatic nitrogens is 5. The Bertz CT molecular complexity index is 1330. The summed E-state index contributed by atoms with van der Waals surface area (Å²) < 4.78 is 9.52. The van der Waals surface area contributed by atoms with Crippen molar-refractivity contribution in [1.29, 1.82) is 0 Å². The number of hydrogen-bond donors (Lipinski definition) is 0. The van der Waals surface area contributed by atoms with Crippen LogP contribution >= 0.6 is 0 Å². The first-order valence-electron chi connectivity index (χ1n) is 12.1. The van der Waals surface area contributed by atoms with Crippen LogP contribution in [0.25, 0.3) is 16.6 Å². The fourth-order valence-corrected chi connectivity index (χ4v) is 4.71. The van der Waals surface area contributed by atoms with Gasteiger partial charge in [-0.2, -0.15) is 5.10 Å². The number of ether oxygens (including phenoxy) is 1. The van der Waals surface area contributed by atoms with E-state index < -0.39 is 5.60 Å². The molecule has 1 aliphatic heterocycles. The van der Waals surface area contributed by atoms with Gasteiger partial charge in [0.05, 0.1) is 17.9 Å². The lowest BCUT2D eigenvalue weighted by Gasteiger charge is -2.33. The number of likely N-dealkylation sites (tertiary alicyclic amines) is 1. The number of carbonyl (C=O) groups excluding carboxylic acids is 1. The van der Waals surface area contributed by atoms with E-state index in [1.54, 1.807) is 11.0 Å². The summed E-state index contributed by atoms with van der Waals surface area (Å²) in [6.45, 7) is 9.99. The summed E-state index contributed by atoms with van der Waals surface area (Å²) in [7, 11) is 0. The molecule has 0 unspecified atom stereocenters. The molecule has 0 N–H and O–H groups in total. The van der Waals surface area contributed by atoms with Crippen molar-refractivity contribution >= 4 is 17.0 Å². The fourth-order valence-electron chi connectivity index (χ4n) is 4.71. The van der Waals surface area contributed by atoms with E-state index in [-0.39, 0.29) is 6.09 Å². The molecule has 35 heavy (non-hydrogen) atoms. The molecule has 1 fully saturated rings. The summed E-state index contributed by atoms with van der Waals surface area (Å²) in [5.74, 6) is 0.413. The molecular weight excluding hydrogens is 440 g/mol. The molecule has 0 bridgehead atoms. The Morgan fingerprint density at radius 1 is 1.14 bits per heavy atom. The van der Waals surface area contributed by atoms with Crippen LogP contribution in [0.4, 0.5) is 4.79 Å². The molecule has 0 atom stereocenters. The Balaban J connectivity index is 1.25. The number of fused-ring (bicyclic) bond motifs is 1. The number of pyridine rings is 1. The molecule has 0 saturated carbocycles. The highest BCUT2D eigenvalue weighted by Crippen LogP contribution is 2.30. The van der Waals surface area contributed by atoms with E-state index in [0.29, 0.717) is 19.0 Å². The van der Waals surface area contributed by atoms with Gasteiger partial charge in [0.15, 0.2) is 0 Å². The average Bonchev–Trinajstić information content (AvgIpc) is 3.50. The SMILES string of the molecule is Cc1cc(C2CCN(C(=O)OC(C)(C)C)CC2)cnc1Cn1ccc2cc(-n3cncn3)ccc21. The van der Waals surface area contributed by atoms with Gasteiger partial charge in [-0.3, -0.25) is 4.98 Å². The maximum absolute atomic E-state index is 12.4. The third-order valence-corrected chi connectivity index (χ3v) is 6.58. The van der Waals surface area contributed by atoms with Crippen LogP contribution in [-0.2, 0) is 11.3 Å². The standard InChI is InChI=1S/C27H32N6O2/c1-19-13-22(20-7-10-31(11-8-20)26(34)35-27(2,3)4)15-29-24(19)16-32-12-9-21-14-23(5-6-25(21)32)33-18-28-17-30-33/h5-6,9,12-15,17-18,20H,7-8,10-11,16H2,1-4H3. The predicted octanol–water partition coefficient (Wildman–Crippen LogP) is 5.09. The lowest BCUT2D eigenvalue weighted by molar-refractivity contribution is 0.0205. The smallest absolute Gasteiger partial charge is 0.410 e. The number of hydrogen-bond acceptors (Lipinski definition) is 5. The first kappa shape index (κ1) is 23.1. The molecule has 4 aromatic rings. The fraction of sp³-hybridized carbons (Fsp3) is 0.407. The first-order valence-corrected chi connectivity index (χ1v) is 12.1. The lowest BCUT2D eigenvalue weighted by atomic mass is 9.89. The van der Waals surface area contributed by atoms with Gasteiger partial charge < -0.3 is 14.2 Å². The summed E-state index contributed by atoms with van der Waals surface area (Å²) in [5.41, 5.74) is 5.20. The molecule has 8 nitrogen and oxygen atoms in total. The van der Waals surface area contributed by atoms with Gasteiger partial charge in [0.25, 0.3) is 0 Å². The minimum atomic E-state index is -0.463. The zero-order chi connectivity index (χ0) is 24.6. The van der Waals surface area contributed by atoms with Crippen molar-refractivity contribution in [1.82, 2.24) is 29.2 Å². The highest BCUT2D eigenvalue weighted by molar-refractivity contribution is 5.82. The monoisotopic (exact) mass is 472 g/mol. The lowest BCUT2D eigenvalue weighted by Crippen LogP contribution is -2.41. The number of nitrogens with zero attached hydrogens (tertiary/aromatic N) is 6. The van der Waals surface area contributed by atoms with Crippen LogP contribution < -0.4 is 0 Å². The van der Waals surface area contributed by atoms with E-state index in [2.05, 4.69) is 58.1 Å². The largest absolute Gasteiger partial charge is 0.444 e. The van der Waals surface area contributed by atoms with Crippen LogP contribution in [0.2, 0.25) is 0 Å². The van der Waals surface area contributed by atoms with Crippen LogP contribution in [0.5, 0.6) is 0 Å². The third kappa shape index (κ3) is 5.06. The first-order chi connectivity index (χ1) is 16.8. The van der Waals surface area contributed by atoms with Crippen molar-refractivity contribution in [3.63, 3.8) is 0 Å². The van der Waals surface area contributed by atoms with Crippen molar-refractivity contribution < 1.29 is 9.53 Å². The molecule has 0 spiro atoms. The van der Waals surface area contributed by atoms with Crippen LogP contribution in [0.3, 0.4) is 0 Å². The van der Waals surface area contributed by atoms with Gasteiger partial charge in [-0.1, -0.05) is 6.07 Å². The number of benzene rings is 1. The molecule has 1 amide bonds. The van der Waals surface area contributed by atoms with Crippen LogP contribution in [0.15, 0.2) is 55.4 Å². The second kappa shape index (κ2) is 9.17. The number of amides is 1. The molecule has 1 aliphatic rings. The van der Waals surface area contributed by atoms with E-state index >= 15 is 0 Å². The maximum atomic E-state index is 12.4. The molecule has 0 radical (unpaired) electrons. The molecule has 1 saturated heterocycles. The molecule has 0 aliphatic carbocycles. The molecule has 1 aromatic carbocycles. The molecular formula is C27H32N6O2. The maximum Gasteiger partial charge on any atom is 0.410 e. The Kier molecular flexibility index (Phi) is 6.05. The van der Waals surface area contributed by atoms with Crippen LogP contribution in [-0.4, -0.2) is 54.0 Å². The summed E-state index contributed by atoms with van der Waals surface area (Å²) in [4.78, 5) is 23.1.